The van der Waals surface area contributed by atoms with Gasteiger partial charge in [-0.15, -0.1) is 0 Å². The van der Waals surface area contributed by atoms with Gasteiger partial charge in [0, 0.05) is 10.6 Å². The van der Waals surface area contributed by atoms with E-state index in [0.29, 0.717) is 24.3 Å². The lowest BCUT2D eigenvalue weighted by molar-refractivity contribution is -0.145. The van der Waals surface area contributed by atoms with Gasteiger partial charge in [0.05, 0.1) is 5.41 Å². The molecule has 0 radical (unpaired) electrons. The van der Waals surface area contributed by atoms with Crippen LogP contribution < -0.4 is 5.73 Å². The molecule has 0 fully saturated rings. The van der Waals surface area contributed by atoms with Gasteiger partial charge in [0.15, 0.2) is 0 Å². The average Bonchev–Trinajstić information content (AvgIpc) is 2.70. The van der Waals surface area contributed by atoms with Crippen LogP contribution in [0.5, 0.6) is 0 Å². The smallest absolute Gasteiger partial charge is 0.451 e. The minimum atomic E-state index is -1.36. The average molecular weight is 354 g/mol. The zero-order valence-corrected chi connectivity index (χ0v) is 15.1. The summed E-state index contributed by atoms with van der Waals surface area (Å²) in [6.07, 6.45) is 2.02. The maximum Gasteiger partial charge on any atom is 0.451 e. The number of nitrogens with two attached hydrogens (primary N) is 1. The molecule has 0 bridgehead atoms. The molecule has 7 heteroatoms. The van der Waals surface area contributed by atoms with Gasteiger partial charge in [-0.3, -0.25) is 4.79 Å². The number of aliphatic carboxylic acids is 1. The van der Waals surface area contributed by atoms with Crippen LogP contribution in [0.25, 0.3) is 0 Å². The molecule has 0 amide bonds. The highest BCUT2D eigenvalue weighted by Gasteiger charge is 2.49. The van der Waals surface area contributed by atoms with Crippen LogP contribution in [0, 0.1) is 5.92 Å². The van der Waals surface area contributed by atoms with Gasteiger partial charge in [-0.2, -0.15) is 0 Å². The van der Waals surface area contributed by atoms with Crippen molar-refractivity contribution in [3.63, 3.8) is 0 Å². The Hall–Kier alpha value is -1.08. The fraction of sp³-hybridized carbons (Fsp3) is 0.588. The first-order chi connectivity index (χ1) is 11.0. The zero-order valence-electron chi connectivity index (χ0n) is 14.3. The maximum absolute atomic E-state index is 12.1. The summed E-state index contributed by atoms with van der Waals surface area (Å²) < 4.78 is 0. The second-order valence-corrected chi connectivity index (χ2v) is 7.94. The molecule has 0 unspecified atom stereocenters. The minimum Gasteiger partial charge on any atom is -0.481 e. The van der Waals surface area contributed by atoms with E-state index in [-0.39, 0.29) is 12.2 Å². The molecule has 2 atom stereocenters. The summed E-state index contributed by atoms with van der Waals surface area (Å²) >= 11 is 6.37. The summed E-state index contributed by atoms with van der Waals surface area (Å²) in [6.45, 7) is 5.42. The summed E-state index contributed by atoms with van der Waals surface area (Å²) in [6, 6.07) is 3.68. The molecule has 0 spiro atoms. The molecule has 1 aromatic carbocycles. The van der Waals surface area contributed by atoms with Crippen molar-refractivity contribution >= 4 is 24.7 Å². The highest BCUT2D eigenvalue weighted by atomic mass is 35.5. The predicted molar refractivity (Wildman–Crippen MR) is 95.1 cm³/mol. The minimum absolute atomic E-state index is 0.115. The largest absolute Gasteiger partial charge is 0.481 e. The predicted octanol–water partition coefficient (Wildman–Crippen LogP) is 2.30. The first kappa shape index (κ1) is 19.3. The van der Waals surface area contributed by atoms with Crippen LogP contribution in [-0.2, 0) is 22.2 Å². The van der Waals surface area contributed by atoms with Gasteiger partial charge in [0.1, 0.15) is 0 Å². The molecule has 24 heavy (non-hydrogen) atoms. The topological polar surface area (TPSA) is 104 Å². The van der Waals surface area contributed by atoms with Crippen molar-refractivity contribution in [2.75, 3.05) is 0 Å². The van der Waals surface area contributed by atoms with Gasteiger partial charge in [-0.25, -0.2) is 0 Å². The SMILES string of the molecule is CC(C)(N)c1cc2c(cc1Cl)C[C@H](CCCB(O)O)[C@]2(C)C(=O)O. The molecule has 1 aliphatic rings. The Labute approximate surface area is 148 Å². The van der Waals surface area contributed by atoms with Crippen LogP contribution in [0.15, 0.2) is 12.1 Å². The van der Waals surface area contributed by atoms with Crippen molar-refractivity contribution in [3.05, 3.63) is 33.8 Å². The molecule has 1 aromatic rings. The van der Waals surface area contributed by atoms with Crippen LogP contribution in [0.2, 0.25) is 11.3 Å². The van der Waals surface area contributed by atoms with Crippen molar-refractivity contribution < 1.29 is 19.9 Å². The fourth-order valence-electron chi connectivity index (χ4n) is 3.68. The number of carboxylic acids is 1. The van der Waals surface area contributed by atoms with E-state index in [0.717, 1.165) is 16.7 Å². The van der Waals surface area contributed by atoms with E-state index in [1.54, 1.807) is 6.92 Å². The highest BCUT2D eigenvalue weighted by Crippen LogP contribution is 2.48. The number of hydrogen-bond donors (Lipinski definition) is 4. The second-order valence-electron chi connectivity index (χ2n) is 7.53. The van der Waals surface area contributed by atoms with Crippen molar-refractivity contribution in [3.8, 4) is 0 Å². The molecule has 2 rings (SSSR count). The number of carbonyl (C=O) groups is 1. The molecular weight excluding hydrogens is 328 g/mol. The standard InChI is InChI=1S/C17H25BClNO4/c1-16(2,20)13-9-12-10(8-14(13)19)7-11(5-4-6-18(23)24)17(12,3)15(21)22/h8-9,11,23-24H,4-7,20H2,1-3H3,(H,21,22)/t11-,17-/m0/s1. The van der Waals surface area contributed by atoms with Crippen molar-refractivity contribution in [2.45, 2.75) is 57.3 Å². The first-order valence-corrected chi connectivity index (χ1v) is 8.57. The normalized spacial score (nSPS) is 23.2. The Balaban J connectivity index is 2.42. The van der Waals surface area contributed by atoms with E-state index < -0.39 is 24.0 Å². The third-order valence-electron chi connectivity index (χ3n) is 5.19. The zero-order chi connectivity index (χ0) is 18.3. The van der Waals surface area contributed by atoms with Crippen LogP contribution in [0.1, 0.15) is 50.3 Å². The Morgan fingerprint density at radius 2 is 2.08 bits per heavy atom. The fourth-order valence-corrected chi connectivity index (χ4v) is 4.11. The third-order valence-corrected chi connectivity index (χ3v) is 5.50. The van der Waals surface area contributed by atoms with E-state index >= 15 is 0 Å². The van der Waals surface area contributed by atoms with Gasteiger partial charge in [0.25, 0.3) is 0 Å². The molecule has 5 N–H and O–H groups in total. The van der Waals surface area contributed by atoms with E-state index in [4.69, 9.17) is 27.4 Å². The van der Waals surface area contributed by atoms with Gasteiger partial charge in [-0.05, 0) is 68.6 Å². The van der Waals surface area contributed by atoms with Gasteiger partial charge >= 0.3 is 13.1 Å². The molecule has 0 saturated carbocycles. The van der Waals surface area contributed by atoms with Crippen LogP contribution >= 0.6 is 11.6 Å². The number of benzene rings is 1. The lowest BCUT2D eigenvalue weighted by Crippen LogP contribution is -2.38. The molecule has 0 heterocycles. The van der Waals surface area contributed by atoms with E-state index in [9.17, 15) is 9.90 Å². The molecule has 0 saturated heterocycles. The van der Waals surface area contributed by atoms with Crippen molar-refractivity contribution in [1.82, 2.24) is 0 Å². The van der Waals surface area contributed by atoms with E-state index in [2.05, 4.69) is 0 Å². The summed E-state index contributed by atoms with van der Waals surface area (Å²) in [7, 11) is -1.36. The van der Waals surface area contributed by atoms with Crippen LogP contribution in [0.4, 0.5) is 0 Å². The summed E-state index contributed by atoms with van der Waals surface area (Å²) in [5.41, 5.74) is 6.93. The highest BCUT2D eigenvalue weighted by molar-refractivity contribution is 6.40. The molecule has 5 nitrogen and oxygen atoms in total. The summed E-state index contributed by atoms with van der Waals surface area (Å²) in [4.78, 5) is 12.1. The number of halogens is 1. The molecule has 1 aliphatic carbocycles. The van der Waals surface area contributed by atoms with Gasteiger partial charge in [-0.1, -0.05) is 24.1 Å². The third kappa shape index (κ3) is 3.47. The molecule has 0 aliphatic heterocycles. The number of rotatable bonds is 6. The quantitative estimate of drug-likeness (QED) is 0.588. The van der Waals surface area contributed by atoms with Crippen LogP contribution in [0.3, 0.4) is 0 Å². The monoisotopic (exact) mass is 353 g/mol. The van der Waals surface area contributed by atoms with E-state index in [1.165, 1.54) is 0 Å². The van der Waals surface area contributed by atoms with Crippen molar-refractivity contribution in [1.29, 1.82) is 0 Å². The van der Waals surface area contributed by atoms with Crippen molar-refractivity contribution in [2.24, 2.45) is 11.7 Å². The van der Waals surface area contributed by atoms with Gasteiger partial charge in [0.2, 0.25) is 0 Å². The summed E-state index contributed by atoms with van der Waals surface area (Å²) in [5.74, 6) is -0.991. The summed E-state index contributed by atoms with van der Waals surface area (Å²) in [5, 5.41) is 28.5. The Kier molecular flexibility index (Phi) is 5.35. The Morgan fingerprint density at radius 1 is 1.46 bits per heavy atom. The molecule has 132 valence electrons. The second kappa shape index (κ2) is 6.67. The number of carboxylic acid groups (broad SMARTS) is 1. The molecule has 0 aromatic heterocycles. The lowest BCUT2D eigenvalue weighted by Gasteiger charge is -2.30. The Bertz CT molecular complexity index is 644. The molecular formula is C17H25BClNO4. The van der Waals surface area contributed by atoms with Gasteiger partial charge < -0.3 is 20.9 Å². The first-order valence-electron chi connectivity index (χ1n) is 8.19. The lowest BCUT2D eigenvalue weighted by atomic mass is 9.72. The van der Waals surface area contributed by atoms with E-state index in [1.807, 2.05) is 26.0 Å². The number of fused-ring (bicyclic) bond motifs is 1. The number of hydrogen-bond acceptors (Lipinski definition) is 4. The van der Waals surface area contributed by atoms with Crippen LogP contribution in [-0.4, -0.2) is 28.2 Å². The Morgan fingerprint density at radius 3 is 2.58 bits per heavy atom. The maximum atomic E-state index is 12.1.